The van der Waals surface area contributed by atoms with Gasteiger partial charge in [0.15, 0.2) is 5.78 Å². The Balaban J connectivity index is 1.47. The Morgan fingerprint density at radius 2 is 1.40 bits per heavy atom. The van der Waals surface area contributed by atoms with Crippen LogP contribution < -0.4 is 0 Å². The van der Waals surface area contributed by atoms with Gasteiger partial charge in [0.1, 0.15) is 5.82 Å². The zero-order valence-electron chi connectivity index (χ0n) is 17.3. The van der Waals surface area contributed by atoms with E-state index in [1.54, 1.807) is 34.1 Å². The van der Waals surface area contributed by atoms with Crippen molar-refractivity contribution < 1.29 is 18.8 Å². The molecule has 1 fully saturated rings. The summed E-state index contributed by atoms with van der Waals surface area (Å²) < 4.78 is 13.0. The summed E-state index contributed by atoms with van der Waals surface area (Å²) in [5.74, 6) is -0.431. The van der Waals surface area contributed by atoms with Gasteiger partial charge in [-0.1, -0.05) is 42.0 Å². The third-order valence-electron chi connectivity index (χ3n) is 5.41. The van der Waals surface area contributed by atoms with Gasteiger partial charge in [-0.3, -0.25) is 14.4 Å². The van der Waals surface area contributed by atoms with Crippen molar-refractivity contribution in [2.24, 2.45) is 0 Å². The van der Waals surface area contributed by atoms with Gasteiger partial charge in [-0.2, -0.15) is 0 Å². The van der Waals surface area contributed by atoms with Crippen LogP contribution in [-0.2, 0) is 16.0 Å². The first-order valence-electron chi connectivity index (χ1n) is 10.3. The van der Waals surface area contributed by atoms with E-state index < -0.39 is 0 Å². The second-order valence-corrected chi connectivity index (χ2v) is 7.71. The molecule has 0 N–H and O–H groups in total. The molecule has 0 unspecified atom stereocenters. The monoisotopic (exact) mass is 410 g/mol. The maximum Gasteiger partial charge on any atom is 0.227 e. The van der Waals surface area contributed by atoms with E-state index >= 15 is 0 Å². The van der Waals surface area contributed by atoms with Gasteiger partial charge in [0, 0.05) is 44.6 Å². The lowest BCUT2D eigenvalue weighted by Crippen LogP contribution is -2.38. The molecule has 1 aliphatic heterocycles. The molecule has 0 spiro atoms. The van der Waals surface area contributed by atoms with Gasteiger partial charge >= 0.3 is 0 Å². The molecule has 2 aromatic rings. The number of amides is 2. The van der Waals surface area contributed by atoms with Crippen LogP contribution in [0.4, 0.5) is 4.39 Å². The van der Waals surface area contributed by atoms with E-state index in [2.05, 4.69) is 0 Å². The van der Waals surface area contributed by atoms with Crippen LogP contribution in [0.3, 0.4) is 0 Å². The summed E-state index contributed by atoms with van der Waals surface area (Å²) in [4.78, 5) is 40.9. The Bertz CT molecular complexity index is 894. The molecule has 1 heterocycles. The third kappa shape index (κ3) is 5.99. The van der Waals surface area contributed by atoms with Crippen molar-refractivity contribution in [2.75, 3.05) is 26.2 Å². The highest BCUT2D eigenvalue weighted by Gasteiger charge is 2.22. The quantitative estimate of drug-likeness (QED) is 0.686. The molecule has 0 atom stereocenters. The van der Waals surface area contributed by atoms with Gasteiger partial charge in [0.05, 0.1) is 6.42 Å². The lowest BCUT2D eigenvalue weighted by atomic mass is 10.0. The van der Waals surface area contributed by atoms with Crippen molar-refractivity contribution in [3.8, 4) is 0 Å². The molecule has 3 rings (SSSR count). The van der Waals surface area contributed by atoms with Crippen molar-refractivity contribution in [2.45, 2.75) is 32.6 Å². The lowest BCUT2D eigenvalue weighted by Gasteiger charge is -2.22. The number of Topliss-reactive ketones (excluding diaryl/α,β-unsaturated/α-hetero) is 1. The molecule has 2 aromatic carbocycles. The minimum Gasteiger partial charge on any atom is -0.341 e. The molecule has 1 saturated heterocycles. The second-order valence-electron chi connectivity index (χ2n) is 7.71. The molecule has 0 radical (unpaired) electrons. The number of ketones is 1. The first-order chi connectivity index (χ1) is 14.4. The molecule has 0 aliphatic carbocycles. The number of carbonyl (C=O) groups is 3. The number of benzene rings is 2. The summed E-state index contributed by atoms with van der Waals surface area (Å²) in [6.45, 7) is 4.07. The highest BCUT2D eigenvalue weighted by molar-refractivity contribution is 5.98. The molecule has 6 heteroatoms. The maximum absolute atomic E-state index is 13.0. The van der Waals surface area contributed by atoms with Gasteiger partial charge in [0.2, 0.25) is 11.8 Å². The van der Waals surface area contributed by atoms with Crippen LogP contribution in [0.25, 0.3) is 0 Å². The van der Waals surface area contributed by atoms with Gasteiger partial charge in [-0.15, -0.1) is 0 Å². The SMILES string of the molecule is Cc1ccc(C(=O)CCC(=O)N2CCCN(C(=O)Cc3ccc(F)cc3)CC2)cc1. The maximum atomic E-state index is 13.0. The van der Waals surface area contributed by atoms with Crippen molar-refractivity contribution in [1.29, 1.82) is 0 Å². The Kier molecular flexibility index (Phi) is 7.33. The fraction of sp³-hybridized carbons (Fsp3) is 0.375. The summed E-state index contributed by atoms with van der Waals surface area (Å²) in [7, 11) is 0. The second kappa shape index (κ2) is 10.1. The molecule has 5 nitrogen and oxygen atoms in total. The molecule has 0 bridgehead atoms. The molecule has 2 amide bonds. The predicted octanol–water partition coefficient (Wildman–Crippen LogP) is 3.40. The Morgan fingerprint density at radius 1 is 0.800 bits per heavy atom. The first kappa shape index (κ1) is 21.7. The average Bonchev–Trinajstić information content (AvgIpc) is 3.00. The van der Waals surface area contributed by atoms with E-state index in [4.69, 9.17) is 0 Å². The van der Waals surface area contributed by atoms with Crippen LogP contribution in [-0.4, -0.2) is 53.6 Å². The van der Waals surface area contributed by atoms with E-state index in [-0.39, 0.29) is 42.7 Å². The largest absolute Gasteiger partial charge is 0.341 e. The van der Waals surface area contributed by atoms with E-state index in [1.165, 1.54) is 12.1 Å². The van der Waals surface area contributed by atoms with Crippen LogP contribution >= 0.6 is 0 Å². The standard InChI is InChI=1S/C24H27FN2O3/c1-18-3-7-20(8-4-18)22(28)11-12-23(29)26-13-2-14-27(16-15-26)24(30)17-19-5-9-21(25)10-6-19/h3-10H,2,11-17H2,1H3. The van der Waals surface area contributed by atoms with Gasteiger partial charge in [-0.05, 0) is 31.0 Å². The van der Waals surface area contributed by atoms with E-state index in [0.29, 0.717) is 38.2 Å². The molecule has 158 valence electrons. The van der Waals surface area contributed by atoms with Gasteiger partial charge in [-0.25, -0.2) is 4.39 Å². The van der Waals surface area contributed by atoms with Crippen molar-refractivity contribution >= 4 is 17.6 Å². The topological polar surface area (TPSA) is 57.7 Å². The van der Waals surface area contributed by atoms with Crippen molar-refractivity contribution in [3.05, 3.63) is 71.0 Å². The zero-order valence-corrected chi connectivity index (χ0v) is 17.3. The number of rotatable bonds is 6. The molecule has 0 aromatic heterocycles. The smallest absolute Gasteiger partial charge is 0.227 e. The Hall–Kier alpha value is -3.02. The number of carbonyl (C=O) groups excluding carboxylic acids is 3. The summed E-state index contributed by atoms with van der Waals surface area (Å²) >= 11 is 0. The fourth-order valence-corrected chi connectivity index (χ4v) is 3.57. The normalized spacial score (nSPS) is 14.3. The summed E-state index contributed by atoms with van der Waals surface area (Å²) in [5, 5.41) is 0. The van der Waals surface area contributed by atoms with E-state index in [1.807, 2.05) is 19.1 Å². The zero-order chi connectivity index (χ0) is 21.5. The van der Waals surface area contributed by atoms with Crippen LogP contribution in [0.2, 0.25) is 0 Å². The Morgan fingerprint density at radius 3 is 2.03 bits per heavy atom. The summed E-state index contributed by atoms with van der Waals surface area (Å²) in [6.07, 6.45) is 1.29. The first-order valence-corrected chi connectivity index (χ1v) is 10.3. The molecular formula is C24H27FN2O3. The van der Waals surface area contributed by atoms with Gasteiger partial charge in [0.25, 0.3) is 0 Å². The number of nitrogens with zero attached hydrogens (tertiary/aromatic N) is 2. The molecule has 1 aliphatic rings. The summed E-state index contributed by atoms with van der Waals surface area (Å²) in [6, 6.07) is 13.3. The number of hydrogen-bond donors (Lipinski definition) is 0. The predicted molar refractivity (Wildman–Crippen MR) is 113 cm³/mol. The number of halogens is 1. The summed E-state index contributed by atoms with van der Waals surface area (Å²) in [5.41, 5.74) is 2.49. The van der Waals surface area contributed by atoms with Crippen LogP contribution in [0, 0.1) is 12.7 Å². The molecular weight excluding hydrogens is 383 g/mol. The lowest BCUT2D eigenvalue weighted by molar-refractivity contribution is -0.133. The van der Waals surface area contributed by atoms with Crippen molar-refractivity contribution in [3.63, 3.8) is 0 Å². The van der Waals surface area contributed by atoms with Crippen LogP contribution in [0.5, 0.6) is 0 Å². The highest BCUT2D eigenvalue weighted by atomic mass is 19.1. The van der Waals surface area contributed by atoms with Crippen molar-refractivity contribution in [1.82, 2.24) is 9.80 Å². The Labute approximate surface area is 176 Å². The number of hydrogen-bond acceptors (Lipinski definition) is 3. The third-order valence-corrected chi connectivity index (χ3v) is 5.41. The number of aryl methyl sites for hydroxylation is 1. The fourth-order valence-electron chi connectivity index (χ4n) is 3.57. The molecule has 0 saturated carbocycles. The van der Waals surface area contributed by atoms with E-state index in [9.17, 15) is 18.8 Å². The molecule has 30 heavy (non-hydrogen) atoms. The van der Waals surface area contributed by atoms with Crippen LogP contribution in [0.1, 0.15) is 40.7 Å². The highest BCUT2D eigenvalue weighted by Crippen LogP contribution is 2.12. The van der Waals surface area contributed by atoms with Crippen LogP contribution in [0.15, 0.2) is 48.5 Å². The minimum absolute atomic E-state index is 0.0227. The van der Waals surface area contributed by atoms with E-state index in [0.717, 1.165) is 11.1 Å². The average molecular weight is 410 g/mol. The minimum atomic E-state index is -0.323. The van der Waals surface area contributed by atoms with Gasteiger partial charge < -0.3 is 9.80 Å².